The van der Waals surface area contributed by atoms with Crippen LogP contribution in [0.4, 0.5) is 4.39 Å². The lowest BCUT2D eigenvalue weighted by atomic mass is 9.85. The number of nitrogens with zero attached hydrogens (tertiary/aromatic N) is 1. The van der Waals surface area contributed by atoms with Crippen molar-refractivity contribution in [3.63, 3.8) is 0 Å². The Bertz CT molecular complexity index is 619. The molecule has 0 spiro atoms. The van der Waals surface area contributed by atoms with Crippen LogP contribution in [-0.4, -0.2) is 18.1 Å². The molecule has 0 bridgehead atoms. The van der Waals surface area contributed by atoms with Gasteiger partial charge in [-0.1, -0.05) is 12.1 Å². The predicted molar refractivity (Wildman–Crippen MR) is 81.0 cm³/mol. The van der Waals surface area contributed by atoms with Crippen molar-refractivity contribution in [3.05, 3.63) is 51.7 Å². The molecule has 0 unspecified atom stereocenters. The number of rotatable bonds is 5. The summed E-state index contributed by atoms with van der Waals surface area (Å²) in [5.74, 6) is -0.477. The van der Waals surface area contributed by atoms with Gasteiger partial charge in [-0.15, -0.1) is 11.3 Å². The highest BCUT2D eigenvalue weighted by molar-refractivity contribution is 7.09. The maximum atomic E-state index is 13.0. The van der Waals surface area contributed by atoms with Crippen molar-refractivity contribution in [2.24, 2.45) is 0 Å². The van der Waals surface area contributed by atoms with Crippen LogP contribution in [0.25, 0.3) is 0 Å². The fourth-order valence-corrected chi connectivity index (χ4v) is 3.03. The van der Waals surface area contributed by atoms with Crippen LogP contribution >= 0.6 is 11.3 Å². The first kappa shape index (κ1) is 15.6. The number of halogens is 1. The van der Waals surface area contributed by atoms with Gasteiger partial charge in [0.2, 0.25) is 0 Å². The van der Waals surface area contributed by atoms with Crippen molar-refractivity contribution in [1.82, 2.24) is 4.98 Å². The van der Waals surface area contributed by atoms with Crippen LogP contribution in [0.15, 0.2) is 29.6 Å². The molecule has 5 heteroatoms. The van der Waals surface area contributed by atoms with Crippen molar-refractivity contribution < 1.29 is 13.9 Å². The molecule has 0 saturated carbocycles. The van der Waals surface area contributed by atoms with Crippen LogP contribution in [0.5, 0.6) is 0 Å². The van der Waals surface area contributed by atoms with Crippen LogP contribution < -0.4 is 0 Å². The van der Waals surface area contributed by atoms with Crippen LogP contribution in [0, 0.1) is 5.82 Å². The molecule has 1 aromatic carbocycles. The molecule has 0 aliphatic carbocycles. The van der Waals surface area contributed by atoms with E-state index in [1.807, 2.05) is 5.38 Å². The number of hydrogen-bond acceptors (Lipinski definition) is 4. The van der Waals surface area contributed by atoms with E-state index >= 15 is 0 Å². The Hall–Kier alpha value is -1.75. The summed E-state index contributed by atoms with van der Waals surface area (Å²) in [5.41, 5.74) is 1.61. The summed E-state index contributed by atoms with van der Waals surface area (Å²) in [5, 5.41) is 2.91. The average Bonchev–Trinajstić information content (AvgIpc) is 2.95. The van der Waals surface area contributed by atoms with Crippen LogP contribution in [-0.2, 0) is 21.4 Å². The van der Waals surface area contributed by atoms with Gasteiger partial charge in [-0.2, -0.15) is 0 Å². The molecule has 0 aliphatic rings. The standard InChI is InChI=1S/C16H18FNO2S/c1-16(2,11-4-6-12(17)7-5-11)15-18-13(10-21-15)8-9-14(19)20-3/h4-7,10H,8-9H2,1-3H3. The second kappa shape index (κ2) is 6.35. The van der Waals surface area contributed by atoms with Crippen LogP contribution in [0.2, 0.25) is 0 Å². The lowest BCUT2D eigenvalue weighted by Gasteiger charge is -2.22. The van der Waals surface area contributed by atoms with E-state index in [1.165, 1.54) is 19.2 Å². The highest BCUT2D eigenvalue weighted by Gasteiger charge is 2.26. The number of aromatic nitrogens is 1. The van der Waals surface area contributed by atoms with Gasteiger partial charge in [-0.05, 0) is 31.5 Å². The number of hydrogen-bond donors (Lipinski definition) is 0. The van der Waals surface area contributed by atoms with Gasteiger partial charge in [0.05, 0.1) is 19.2 Å². The summed E-state index contributed by atoms with van der Waals surface area (Å²) < 4.78 is 17.7. The van der Waals surface area contributed by atoms with Gasteiger partial charge in [-0.25, -0.2) is 9.37 Å². The fraction of sp³-hybridized carbons (Fsp3) is 0.375. The van der Waals surface area contributed by atoms with Crippen LogP contribution in [0.3, 0.4) is 0 Å². The molecular weight excluding hydrogens is 289 g/mol. The number of aryl methyl sites for hydroxylation is 1. The molecule has 0 fully saturated rings. The smallest absolute Gasteiger partial charge is 0.305 e. The van der Waals surface area contributed by atoms with Crippen molar-refractivity contribution in [2.75, 3.05) is 7.11 Å². The summed E-state index contributed by atoms with van der Waals surface area (Å²) in [6, 6.07) is 6.49. The van der Waals surface area contributed by atoms with E-state index in [4.69, 9.17) is 0 Å². The number of carbonyl (C=O) groups excluding carboxylic acids is 1. The van der Waals surface area contributed by atoms with Gasteiger partial charge >= 0.3 is 5.97 Å². The third-order valence-corrected chi connectivity index (χ3v) is 4.68. The summed E-state index contributed by atoms with van der Waals surface area (Å²) in [7, 11) is 1.38. The Morgan fingerprint density at radius 2 is 2.00 bits per heavy atom. The van der Waals surface area contributed by atoms with E-state index in [9.17, 15) is 9.18 Å². The minimum Gasteiger partial charge on any atom is -0.469 e. The lowest BCUT2D eigenvalue weighted by molar-refractivity contribution is -0.140. The first-order valence-electron chi connectivity index (χ1n) is 6.71. The topological polar surface area (TPSA) is 39.2 Å². The predicted octanol–water partition coefficient (Wildman–Crippen LogP) is 3.71. The largest absolute Gasteiger partial charge is 0.469 e. The Labute approximate surface area is 127 Å². The quantitative estimate of drug-likeness (QED) is 0.790. The molecule has 0 amide bonds. The number of methoxy groups -OCH3 is 1. The zero-order chi connectivity index (χ0) is 15.5. The third-order valence-electron chi connectivity index (χ3n) is 3.47. The maximum absolute atomic E-state index is 13.0. The van der Waals surface area contributed by atoms with E-state index in [0.717, 1.165) is 16.3 Å². The van der Waals surface area contributed by atoms with Crippen molar-refractivity contribution >= 4 is 17.3 Å². The minimum atomic E-state index is -0.290. The average molecular weight is 307 g/mol. The highest BCUT2D eigenvalue weighted by atomic mass is 32.1. The van der Waals surface area contributed by atoms with E-state index in [0.29, 0.717) is 12.8 Å². The summed E-state index contributed by atoms with van der Waals surface area (Å²) >= 11 is 1.56. The van der Waals surface area contributed by atoms with Gasteiger partial charge < -0.3 is 4.74 Å². The highest BCUT2D eigenvalue weighted by Crippen LogP contribution is 2.33. The molecule has 21 heavy (non-hydrogen) atoms. The second-order valence-electron chi connectivity index (χ2n) is 5.35. The Morgan fingerprint density at radius 3 is 2.62 bits per heavy atom. The third kappa shape index (κ3) is 3.67. The summed E-state index contributed by atoms with van der Waals surface area (Å²) in [6.07, 6.45) is 0.902. The van der Waals surface area contributed by atoms with Crippen molar-refractivity contribution in [2.45, 2.75) is 32.1 Å². The number of ether oxygens (including phenoxy) is 1. The molecule has 0 atom stereocenters. The molecule has 2 aromatic rings. The number of benzene rings is 1. The molecule has 1 heterocycles. The summed E-state index contributed by atoms with van der Waals surface area (Å²) in [4.78, 5) is 15.8. The van der Waals surface area contributed by atoms with E-state index in [1.54, 1.807) is 23.5 Å². The normalized spacial score (nSPS) is 11.4. The fourth-order valence-electron chi connectivity index (χ4n) is 2.03. The first-order valence-corrected chi connectivity index (χ1v) is 7.59. The SMILES string of the molecule is COC(=O)CCc1csc(C(C)(C)c2ccc(F)cc2)n1. The first-order chi connectivity index (χ1) is 9.93. The van der Waals surface area contributed by atoms with Crippen molar-refractivity contribution in [3.8, 4) is 0 Å². The number of esters is 1. The van der Waals surface area contributed by atoms with Crippen molar-refractivity contribution in [1.29, 1.82) is 0 Å². The van der Waals surface area contributed by atoms with E-state index in [-0.39, 0.29) is 17.2 Å². The lowest BCUT2D eigenvalue weighted by Crippen LogP contribution is -2.18. The molecule has 2 rings (SSSR count). The Morgan fingerprint density at radius 1 is 1.33 bits per heavy atom. The molecule has 0 aliphatic heterocycles. The Balaban J connectivity index is 2.15. The monoisotopic (exact) mass is 307 g/mol. The zero-order valence-electron chi connectivity index (χ0n) is 12.4. The van der Waals surface area contributed by atoms with Crippen LogP contribution in [0.1, 0.15) is 36.5 Å². The number of thiazole rings is 1. The van der Waals surface area contributed by atoms with Gasteiger partial charge in [0.25, 0.3) is 0 Å². The molecule has 0 N–H and O–H groups in total. The second-order valence-corrected chi connectivity index (χ2v) is 6.21. The molecular formula is C16H18FNO2S. The summed E-state index contributed by atoms with van der Waals surface area (Å²) in [6.45, 7) is 4.12. The molecule has 112 valence electrons. The Kier molecular flexibility index (Phi) is 4.73. The van der Waals surface area contributed by atoms with Gasteiger partial charge in [0.1, 0.15) is 10.8 Å². The molecule has 0 saturated heterocycles. The van der Waals surface area contributed by atoms with Gasteiger partial charge in [0.15, 0.2) is 0 Å². The molecule has 1 aromatic heterocycles. The van der Waals surface area contributed by atoms with Gasteiger partial charge in [0, 0.05) is 17.2 Å². The van der Waals surface area contributed by atoms with E-state index in [2.05, 4.69) is 23.6 Å². The zero-order valence-corrected chi connectivity index (χ0v) is 13.2. The van der Waals surface area contributed by atoms with Gasteiger partial charge in [-0.3, -0.25) is 4.79 Å². The minimum absolute atomic E-state index is 0.234. The van der Waals surface area contributed by atoms with E-state index < -0.39 is 0 Å². The molecule has 0 radical (unpaired) electrons. The number of carbonyl (C=O) groups is 1. The molecule has 3 nitrogen and oxygen atoms in total. The maximum Gasteiger partial charge on any atom is 0.305 e.